The Morgan fingerprint density at radius 1 is 1.00 bits per heavy atom. The van der Waals surface area contributed by atoms with E-state index in [0.717, 1.165) is 11.1 Å². The number of aryl methyl sites for hydroxylation is 2. The molecule has 1 fully saturated rings. The molecule has 0 aromatic heterocycles. The number of sulfone groups is 1. The summed E-state index contributed by atoms with van der Waals surface area (Å²) in [7, 11) is -7.38. The average Bonchev–Trinajstić information content (AvgIpc) is 3.13. The molecular formula is C21H27NO5S2. The van der Waals surface area contributed by atoms with Crippen LogP contribution in [0, 0.1) is 13.8 Å². The van der Waals surface area contributed by atoms with E-state index in [9.17, 15) is 16.8 Å². The highest BCUT2D eigenvalue weighted by atomic mass is 32.2. The summed E-state index contributed by atoms with van der Waals surface area (Å²) in [6, 6.07) is 10.8. The summed E-state index contributed by atoms with van der Waals surface area (Å²) in [6.45, 7) is 6.34. The molecule has 8 heteroatoms. The summed E-state index contributed by atoms with van der Waals surface area (Å²) in [5, 5.41) is 0. The molecule has 1 unspecified atom stereocenters. The zero-order chi connectivity index (χ0) is 21.2. The van der Waals surface area contributed by atoms with E-state index in [1.165, 1.54) is 4.31 Å². The minimum Gasteiger partial charge on any atom is -0.493 e. The summed E-state index contributed by atoms with van der Waals surface area (Å²) in [5.74, 6) is 0.474. The minimum atomic E-state index is -3.81. The third-order valence-corrected chi connectivity index (χ3v) is 8.91. The molecule has 158 valence electrons. The second-order valence-corrected chi connectivity index (χ2v) is 11.3. The lowest BCUT2D eigenvalue weighted by Crippen LogP contribution is -2.39. The second-order valence-electron chi connectivity index (χ2n) is 7.33. The molecule has 1 saturated heterocycles. The van der Waals surface area contributed by atoms with Gasteiger partial charge in [0.15, 0.2) is 9.84 Å². The first-order chi connectivity index (χ1) is 13.7. The molecule has 1 atom stereocenters. The van der Waals surface area contributed by atoms with Crippen molar-refractivity contribution < 1.29 is 21.6 Å². The molecule has 3 rings (SSSR count). The van der Waals surface area contributed by atoms with Crippen LogP contribution in [0.15, 0.2) is 52.3 Å². The highest BCUT2D eigenvalue weighted by Crippen LogP contribution is 2.32. The first-order valence-electron chi connectivity index (χ1n) is 9.70. The quantitative estimate of drug-likeness (QED) is 0.664. The molecule has 2 aromatic carbocycles. The summed E-state index contributed by atoms with van der Waals surface area (Å²) < 4.78 is 59.2. The van der Waals surface area contributed by atoms with E-state index in [0.29, 0.717) is 31.7 Å². The predicted octanol–water partition coefficient (Wildman–Crippen LogP) is 3.33. The summed E-state index contributed by atoms with van der Waals surface area (Å²) in [6.07, 6.45) is 1.17. The van der Waals surface area contributed by atoms with Crippen molar-refractivity contribution in [1.82, 2.24) is 4.31 Å². The molecule has 29 heavy (non-hydrogen) atoms. The van der Waals surface area contributed by atoms with Crippen LogP contribution in [-0.4, -0.2) is 46.1 Å². The lowest BCUT2D eigenvalue weighted by molar-refractivity contribution is 0.335. The standard InChI is InChI=1S/C21H27NO5S2/c1-4-27-21-16(2)13-20(14-17(21)3)29(25,26)22-12-8-9-18(22)15-28(23,24)19-10-6-5-7-11-19/h5-7,10-11,13-14,18H,4,8-9,12,15H2,1-3H3. The number of benzene rings is 2. The number of rotatable bonds is 7. The molecule has 0 spiro atoms. The van der Waals surface area contributed by atoms with E-state index < -0.39 is 25.9 Å². The van der Waals surface area contributed by atoms with Crippen LogP contribution < -0.4 is 4.74 Å². The molecule has 1 aliphatic heterocycles. The smallest absolute Gasteiger partial charge is 0.243 e. The molecule has 0 saturated carbocycles. The molecule has 0 aliphatic carbocycles. The Morgan fingerprint density at radius 3 is 2.21 bits per heavy atom. The van der Waals surface area contributed by atoms with E-state index >= 15 is 0 Å². The predicted molar refractivity (Wildman–Crippen MR) is 112 cm³/mol. The van der Waals surface area contributed by atoms with Gasteiger partial charge in [0.25, 0.3) is 0 Å². The van der Waals surface area contributed by atoms with Gasteiger partial charge in [0.05, 0.1) is 22.2 Å². The van der Waals surface area contributed by atoms with Gasteiger partial charge in [-0.05, 0) is 69.0 Å². The second kappa shape index (κ2) is 8.45. The maximum atomic E-state index is 13.3. The number of hydrogen-bond donors (Lipinski definition) is 0. The Kier molecular flexibility index (Phi) is 6.36. The Balaban J connectivity index is 1.91. The fourth-order valence-electron chi connectivity index (χ4n) is 3.84. The third-order valence-electron chi connectivity index (χ3n) is 5.17. The van der Waals surface area contributed by atoms with Crippen LogP contribution in [0.3, 0.4) is 0 Å². The van der Waals surface area contributed by atoms with Gasteiger partial charge in [-0.25, -0.2) is 16.8 Å². The van der Waals surface area contributed by atoms with Gasteiger partial charge in [-0.2, -0.15) is 4.31 Å². The number of sulfonamides is 1. The molecule has 2 aromatic rings. The molecule has 1 heterocycles. The summed E-state index contributed by atoms with van der Waals surface area (Å²) >= 11 is 0. The minimum absolute atomic E-state index is 0.181. The van der Waals surface area contributed by atoms with Crippen LogP contribution in [0.5, 0.6) is 5.75 Å². The molecule has 0 N–H and O–H groups in total. The number of nitrogens with zero attached hydrogens (tertiary/aromatic N) is 1. The Labute approximate surface area is 173 Å². The van der Waals surface area contributed by atoms with Crippen molar-refractivity contribution in [3.05, 3.63) is 53.6 Å². The van der Waals surface area contributed by atoms with E-state index in [1.54, 1.807) is 42.5 Å². The van der Waals surface area contributed by atoms with Crippen LogP contribution >= 0.6 is 0 Å². The Hall–Kier alpha value is -1.90. The first kappa shape index (κ1) is 21.8. The van der Waals surface area contributed by atoms with Gasteiger partial charge in [-0.3, -0.25) is 0 Å². The van der Waals surface area contributed by atoms with Crippen LogP contribution in [0.2, 0.25) is 0 Å². The normalized spacial score (nSPS) is 18.1. The molecular weight excluding hydrogens is 410 g/mol. The zero-order valence-electron chi connectivity index (χ0n) is 17.0. The highest BCUT2D eigenvalue weighted by Gasteiger charge is 2.38. The monoisotopic (exact) mass is 437 g/mol. The lowest BCUT2D eigenvalue weighted by Gasteiger charge is -2.25. The largest absolute Gasteiger partial charge is 0.493 e. The molecule has 0 radical (unpaired) electrons. The van der Waals surface area contributed by atoms with E-state index in [4.69, 9.17) is 4.74 Å². The summed E-state index contributed by atoms with van der Waals surface area (Å²) in [5.41, 5.74) is 1.50. The van der Waals surface area contributed by atoms with Gasteiger partial charge in [-0.15, -0.1) is 0 Å². The van der Waals surface area contributed by atoms with Crippen molar-refractivity contribution in [2.45, 2.75) is 49.4 Å². The van der Waals surface area contributed by atoms with Crippen LogP contribution in [0.4, 0.5) is 0 Å². The molecule has 0 amide bonds. The Bertz CT molecular complexity index is 1060. The van der Waals surface area contributed by atoms with Gasteiger partial charge in [0, 0.05) is 12.6 Å². The van der Waals surface area contributed by atoms with Gasteiger partial charge < -0.3 is 4.74 Å². The van der Waals surface area contributed by atoms with Crippen molar-refractivity contribution in [3.63, 3.8) is 0 Å². The van der Waals surface area contributed by atoms with Crippen LogP contribution in [-0.2, 0) is 19.9 Å². The fourth-order valence-corrected chi connectivity index (χ4v) is 7.41. The zero-order valence-corrected chi connectivity index (χ0v) is 18.6. The number of hydrogen-bond acceptors (Lipinski definition) is 5. The van der Waals surface area contributed by atoms with Crippen LogP contribution in [0.25, 0.3) is 0 Å². The summed E-state index contributed by atoms with van der Waals surface area (Å²) in [4.78, 5) is 0.400. The van der Waals surface area contributed by atoms with Gasteiger partial charge >= 0.3 is 0 Å². The SMILES string of the molecule is CCOc1c(C)cc(S(=O)(=O)N2CCCC2CS(=O)(=O)c2ccccc2)cc1C. The highest BCUT2D eigenvalue weighted by molar-refractivity contribution is 7.91. The van der Waals surface area contributed by atoms with Crippen molar-refractivity contribution in [1.29, 1.82) is 0 Å². The maximum absolute atomic E-state index is 13.3. The van der Waals surface area contributed by atoms with Gasteiger partial charge in [0.1, 0.15) is 5.75 Å². The van der Waals surface area contributed by atoms with E-state index in [2.05, 4.69) is 0 Å². The fraction of sp³-hybridized carbons (Fsp3) is 0.429. The van der Waals surface area contributed by atoms with Crippen molar-refractivity contribution in [2.24, 2.45) is 0 Å². The Morgan fingerprint density at radius 2 is 1.62 bits per heavy atom. The van der Waals surface area contributed by atoms with Crippen LogP contribution in [0.1, 0.15) is 30.9 Å². The topological polar surface area (TPSA) is 80.8 Å². The third kappa shape index (κ3) is 4.49. The van der Waals surface area contributed by atoms with Crippen molar-refractivity contribution in [3.8, 4) is 5.75 Å². The molecule has 6 nitrogen and oxygen atoms in total. The van der Waals surface area contributed by atoms with Gasteiger partial charge in [0.2, 0.25) is 10.0 Å². The van der Waals surface area contributed by atoms with Crippen molar-refractivity contribution in [2.75, 3.05) is 18.9 Å². The van der Waals surface area contributed by atoms with E-state index in [-0.39, 0.29) is 15.5 Å². The van der Waals surface area contributed by atoms with Crippen molar-refractivity contribution >= 4 is 19.9 Å². The van der Waals surface area contributed by atoms with E-state index in [1.807, 2.05) is 20.8 Å². The maximum Gasteiger partial charge on any atom is 0.243 e. The lowest BCUT2D eigenvalue weighted by atomic mass is 10.1. The number of ether oxygens (including phenoxy) is 1. The molecule has 0 bridgehead atoms. The first-order valence-corrected chi connectivity index (χ1v) is 12.8. The van der Waals surface area contributed by atoms with Gasteiger partial charge in [-0.1, -0.05) is 18.2 Å². The molecule has 1 aliphatic rings. The average molecular weight is 438 g/mol.